The number of urea groups is 1. The Hall–Kier alpha value is -3.41. The van der Waals surface area contributed by atoms with Crippen LogP contribution < -0.4 is 15.1 Å². The zero-order chi connectivity index (χ0) is 18.6. The Kier molecular flexibility index (Phi) is 4.70. The summed E-state index contributed by atoms with van der Waals surface area (Å²) in [6.45, 7) is 1.85. The predicted octanol–water partition coefficient (Wildman–Crippen LogP) is 4.28. The molecular formula is C21H19FN4O. The Bertz CT molecular complexity index is 948. The SMILES string of the molecule is O=C(Nc1ccccc1F)N1CCN(Cc2ccccc2)c2ncccc21. The van der Waals surface area contributed by atoms with Crippen LogP contribution >= 0.6 is 0 Å². The zero-order valence-electron chi connectivity index (χ0n) is 14.7. The Labute approximate surface area is 157 Å². The standard InChI is InChI=1S/C21H19FN4O/c22-17-9-4-5-10-18(17)24-21(27)26-14-13-25(15-16-7-2-1-3-8-16)20-19(26)11-6-12-23-20/h1-12H,13-15H2,(H,24,27). The summed E-state index contributed by atoms with van der Waals surface area (Å²) < 4.78 is 13.9. The third-order valence-corrected chi connectivity index (χ3v) is 4.53. The van der Waals surface area contributed by atoms with E-state index in [1.807, 2.05) is 24.3 Å². The van der Waals surface area contributed by atoms with E-state index in [9.17, 15) is 9.18 Å². The van der Waals surface area contributed by atoms with Crippen molar-refractivity contribution in [3.8, 4) is 0 Å². The first-order valence-corrected chi connectivity index (χ1v) is 8.79. The summed E-state index contributed by atoms with van der Waals surface area (Å²) in [6.07, 6.45) is 1.72. The van der Waals surface area contributed by atoms with Gasteiger partial charge in [0.25, 0.3) is 0 Å². The fourth-order valence-corrected chi connectivity index (χ4v) is 3.20. The number of rotatable bonds is 3. The van der Waals surface area contributed by atoms with E-state index in [-0.39, 0.29) is 11.7 Å². The van der Waals surface area contributed by atoms with E-state index in [0.717, 1.165) is 5.82 Å². The number of hydrogen-bond donors (Lipinski definition) is 1. The number of carbonyl (C=O) groups excluding carboxylic acids is 1. The summed E-state index contributed by atoms with van der Waals surface area (Å²) in [5.74, 6) is 0.288. The van der Waals surface area contributed by atoms with Crippen molar-refractivity contribution in [2.45, 2.75) is 6.54 Å². The first-order chi connectivity index (χ1) is 13.2. The summed E-state index contributed by atoms with van der Waals surface area (Å²) in [5.41, 5.74) is 2.06. The van der Waals surface area contributed by atoms with Gasteiger partial charge < -0.3 is 10.2 Å². The van der Waals surface area contributed by atoms with E-state index >= 15 is 0 Å². The number of nitrogens with one attached hydrogen (secondary N) is 1. The second-order valence-corrected chi connectivity index (χ2v) is 6.31. The van der Waals surface area contributed by atoms with Crippen LogP contribution in [0.5, 0.6) is 0 Å². The first-order valence-electron chi connectivity index (χ1n) is 8.79. The van der Waals surface area contributed by atoms with Gasteiger partial charge in [-0.05, 0) is 29.8 Å². The van der Waals surface area contributed by atoms with Crippen molar-refractivity contribution in [1.29, 1.82) is 0 Å². The number of carbonyl (C=O) groups is 1. The number of amides is 2. The summed E-state index contributed by atoms with van der Waals surface area (Å²) in [7, 11) is 0. The largest absolute Gasteiger partial charge is 0.349 e. The van der Waals surface area contributed by atoms with Crippen molar-refractivity contribution >= 4 is 23.2 Å². The van der Waals surface area contributed by atoms with Gasteiger partial charge in [0.05, 0.1) is 11.4 Å². The quantitative estimate of drug-likeness (QED) is 0.757. The fourth-order valence-electron chi connectivity index (χ4n) is 3.20. The molecule has 0 aliphatic carbocycles. The lowest BCUT2D eigenvalue weighted by atomic mass is 10.2. The second-order valence-electron chi connectivity index (χ2n) is 6.31. The summed E-state index contributed by atoms with van der Waals surface area (Å²) in [5, 5.41) is 2.65. The van der Waals surface area contributed by atoms with Crippen molar-refractivity contribution in [3.63, 3.8) is 0 Å². The minimum Gasteiger partial charge on any atom is -0.349 e. The van der Waals surface area contributed by atoms with Crippen LogP contribution in [0.2, 0.25) is 0 Å². The minimum atomic E-state index is -0.458. The van der Waals surface area contributed by atoms with E-state index < -0.39 is 5.82 Å². The van der Waals surface area contributed by atoms with Crippen LogP contribution in [0, 0.1) is 5.82 Å². The molecule has 1 aromatic heterocycles. The molecule has 136 valence electrons. The molecule has 2 heterocycles. The van der Waals surface area contributed by atoms with Gasteiger partial charge >= 0.3 is 6.03 Å². The lowest BCUT2D eigenvalue weighted by molar-refractivity contribution is 0.256. The molecule has 1 aliphatic rings. The van der Waals surface area contributed by atoms with Crippen LogP contribution in [-0.4, -0.2) is 24.1 Å². The second kappa shape index (κ2) is 7.45. The molecule has 27 heavy (non-hydrogen) atoms. The van der Waals surface area contributed by atoms with Crippen LogP contribution in [0.4, 0.5) is 26.4 Å². The fraction of sp³-hybridized carbons (Fsp3) is 0.143. The van der Waals surface area contributed by atoms with Gasteiger partial charge in [-0.3, -0.25) is 4.90 Å². The molecule has 0 radical (unpaired) electrons. The van der Waals surface area contributed by atoms with Gasteiger partial charge in [-0.2, -0.15) is 0 Å². The molecule has 3 aromatic rings. The van der Waals surface area contributed by atoms with Gasteiger partial charge in [0.2, 0.25) is 0 Å². The van der Waals surface area contributed by atoms with Crippen molar-refractivity contribution < 1.29 is 9.18 Å². The minimum absolute atomic E-state index is 0.166. The smallest absolute Gasteiger partial charge is 0.326 e. The van der Waals surface area contributed by atoms with Crippen molar-refractivity contribution in [3.05, 3.63) is 84.3 Å². The third kappa shape index (κ3) is 3.60. The number of fused-ring (bicyclic) bond motifs is 1. The Balaban J connectivity index is 1.57. The van der Waals surface area contributed by atoms with E-state index in [1.54, 1.807) is 35.4 Å². The average Bonchev–Trinajstić information content (AvgIpc) is 2.71. The number of nitrogens with zero attached hydrogens (tertiary/aromatic N) is 3. The Morgan fingerprint density at radius 1 is 1.00 bits per heavy atom. The van der Waals surface area contributed by atoms with Gasteiger partial charge in [-0.15, -0.1) is 0 Å². The molecule has 1 N–H and O–H groups in total. The van der Waals surface area contributed by atoms with E-state index in [4.69, 9.17) is 0 Å². The lowest BCUT2D eigenvalue weighted by Gasteiger charge is -2.36. The molecular weight excluding hydrogens is 343 g/mol. The van der Waals surface area contributed by atoms with Crippen LogP contribution in [0.1, 0.15) is 5.56 Å². The normalized spacial score (nSPS) is 13.2. The molecule has 0 spiro atoms. The highest BCUT2D eigenvalue weighted by Crippen LogP contribution is 2.32. The molecule has 0 unspecified atom stereocenters. The van der Waals surface area contributed by atoms with Gasteiger partial charge in [-0.25, -0.2) is 14.2 Å². The predicted molar refractivity (Wildman–Crippen MR) is 104 cm³/mol. The summed E-state index contributed by atoms with van der Waals surface area (Å²) in [4.78, 5) is 21.0. The van der Waals surface area contributed by atoms with Crippen LogP contribution in [-0.2, 0) is 6.54 Å². The highest BCUT2D eigenvalue weighted by Gasteiger charge is 2.28. The number of anilines is 3. The maximum Gasteiger partial charge on any atom is 0.326 e. The van der Waals surface area contributed by atoms with Crippen molar-refractivity contribution in [1.82, 2.24) is 4.98 Å². The molecule has 2 amide bonds. The highest BCUT2D eigenvalue weighted by atomic mass is 19.1. The number of para-hydroxylation sites is 1. The molecule has 5 nitrogen and oxygen atoms in total. The number of halogens is 1. The molecule has 0 bridgehead atoms. The van der Waals surface area contributed by atoms with Gasteiger partial charge in [0, 0.05) is 25.8 Å². The molecule has 2 aromatic carbocycles. The number of hydrogen-bond acceptors (Lipinski definition) is 3. The monoisotopic (exact) mass is 362 g/mol. The molecule has 0 atom stereocenters. The summed E-state index contributed by atoms with van der Waals surface area (Å²) >= 11 is 0. The van der Waals surface area contributed by atoms with Crippen LogP contribution in [0.25, 0.3) is 0 Å². The topological polar surface area (TPSA) is 48.5 Å². The Morgan fingerprint density at radius 3 is 2.59 bits per heavy atom. The van der Waals surface area contributed by atoms with E-state index in [1.165, 1.54) is 11.6 Å². The van der Waals surface area contributed by atoms with E-state index in [0.29, 0.717) is 25.3 Å². The maximum absolute atomic E-state index is 13.9. The molecule has 6 heteroatoms. The number of pyridine rings is 1. The van der Waals surface area contributed by atoms with Crippen molar-refractivity contribution in [2.75, 3.05) is 28.2 Å². The van der Waals surface area contributed by atoms with Crippen LogP contribution in [0.3, 0.4) is 0 Å². The first kappa shape index (κ1) is 17.0. The maximum atomic E-state index is 13.9. The number of benzene rings is 2. The van der Waals surface area contributed by atoms with E-state index in [2.05, 4.69) is 27.3 Å². The summed E-state index contributed by atoms with van der Waals surface area (Å²) in [6, 6.07) is 19.6. The number of aromatic nitrogens is 1. The third-order valence-electron chi connectivity index (χ3n) is 4.53. The molecule has 4 rings (SSSR count). The van der Waals surface area contributed by atoms with Crippen molar-refractivity contribution in [2.24, 2.45) is 0 Å². The van der Waals surface area contributed by atoms with Gasteiger partial charge in [-0.1, -0.05) is 42.5 Å². The average molecular weight is 362 g/mol. The molecule has 0 saturated carbocycles. The molecule has 1 aliphatic heterocycles. The highest BCUT2D eigenvalue weighted by molar-refractivity contribution is 6.04. The zero-order valence-corrected chi connectivity index (χ0v) is 14.7. The van der Waals surface area contributed by atoms with Crippen LogP contribution in [0.15, 0.2) is 72.9 Å². The molecule has 0 saturated heterocycles. The lowest BCUT2D eigenvalue weighted by Crippen LogP contribution is -2.46. The van der Waals surface area contributed by atoms with Gasteiger partial charge in [0.15, 0.2) is 5.82 Å². The van der Waals surface area contributed by atoms with Gasteiger partial charge in [0.1, 0.15) is 5.82 Å². The Morgan fingerprint density at radius 2 is 1.78 bits per heavy atom. The molecule has 0 fully saturated rings.